The van der Waals surface area contributed by atoms with Gasteiger partial charge in [-0.05, 0) is 43.7 Å². The SMILES string of the molecule is CC(C)NC(CN1CCCC(C(C)(C)C)CC1)C(N)=O. The monoisotopic (exact) mass is 283 g/mol. The molecule has 2 atom stereocenters. The van der Waals surface area contributed by atoms with Gasteiger partial charge in [0.05, 0.1) is 6.04 Å². The van der Waals surface area contributed by atoms with E-state index in [0.717, 1.165) is 25.6 Å². The van der Waals surface area contributed by atoms with Crippen molar-refractivity contribution in [2.75, 3.05) is 19.6 Å². The standard InChI is InChI=1S/C16H33N3O/c1-12(2)18-14(15(17)20)11-19-9-6-7-13(8-10-19)16(3,4)5/h12-14,18H,6-11H2,1-5H3,(H2,17,20). The van der Waals surface area contributed by atoms with E-state index in [2.05, 4.69) is 31.0 Å². The summed E-state index contributed by atoms with van der Waals surface area (Å²) in [5, 5.41) is 3.27. The molecule has 0 aromatic carbocycles. The summed E-state index contributed by atoms with van der Waals surface area (Å²) < 4.78 is 0. The quantitative estimate of drug-likeness (QED) is 0.811. The van der Waals surface area contributed by atoms with Crippen LogP contribution in [0, 0.1) is 11.3 Å². The topological polar surface area (TPSA) is 58.4 Å². The van der Waals surface area contributed by atoms with Crippen LogP contribution < -0.4 is 11.1 Å². The van der Waals surface area contributed by atoms with Crippen LogP contribution in [0.4, 0.5) is 0 Å². The predicted molar refractivity (Wildman–Crippen MR) is 84.5 cm³/mol. The molecule has 1 heterocycles. The lowest BCUT2D eigenvalue weighted by Gasteiger charge is -2.30. The highest BCUT2D eigenvalue weighted by atomic mass is 16.1. The van der Waals surface area contributed by atoms with Crippen molar-refractivity contribution in [3.05, 3.63) is 0 Å². The molecule has 1 saturated heterocycles. The number of hydrogen-bond donors (Lipinski definition) is 2. The van der Waals surface area contributed by atoms with Crippen molar-refractivity contribution < 1.29 is 4.79 Å². The van der Waals surface area contributed by atoms with E-state index < -0.39 is 0 Å². The first-order chi connectivity index (χ1) is 9.20. The summed E-state index contributed by atoms with van der Waals surface area (Å²) in [6.45, 7) is 14.0. The molecule has 4 heteroatoms. The van der Waals surface area contributed by atoms with Gasteiger partial charge < -0.3 is 16.0 Å². The summed E-state index contributed by atoms with van der Waals surface area (Å²) in [6.07, 6.45) is 3.73. The lowest BCUT2D eigenvalue weighted by molar-refractivity contribution is -0.120. The Kier molecular flexibility index (Phi) is 6.46. The molecule has 0 radical (unpaired) electrons. The highest BCUT2D eigenvalue weighted by Crippen LogP contribution is 2.34. The highest BCUT2D eigenvalue weighted by molar-refractivity contribution is 5.80. The average Bonchev–Trinajstić information content (AvgIpc) is 2.52. The molecular weight excluding hydrogens is 250 g/mol. The number of nitrogens with two attached hydrogens (primary N) is 1. The summed E-state index contributed by atoms with van der Waals surface area (Å²) in [7, 11) is 0. The van der Waals surface area contributed by atoms with Gasteiger partial charge in [0.2, 0.25) is 5.91 Å². The van der Waals surface area contributed by atoms with E-state index in [1.165, 1.54) is 19.3 Å². The van der Waals surface area contributed by atoms with Gasteiger partial charge in [-0.1, -0.05) is 34.6 Å². The van der Waals surface area contributed by atoms with Crippen LogP contribution in [-0.2, 0) is 4.79 Å². The lowest BCUT2D eigenvalue weighted by atomic mass is 9.77. The third kappa shape index (κ3) is 5.80. The Labute approximate surface area is 124 Å². The van der Waals surface area contributed by atoms with Crippen LogP contribution >= 0.6 is 0 Å². The molecule has 0 aliphatic carbocycles. The van der Waals surface area contributed by atoms with Gasteiger partial charge in [-0.15, -0.1) is 0 Å². The van der Waals surface area contributed by atoms with Crippen LogP contribution in [0.15, 0.2) is 0 Å². The molecule has 0 aromatic heterocycles. The number of carbonyl (C=O) groups is 1. The third-order valence-corrected chi connectivity index (χ3v) is 4.36. The number of likely N-dealkylation sites (tertiary alicyclic amines) is 1. The fourth-order valence-electron chi connectivity index (χ4n) is 3.09. The number of amides is 1. The second-order valence-corrected chi connectivity index (χ2v) is 7.57. The van der Waals surface area contributed by atoms with Crippen molar-refractivity contribution in [2.24, 2.45) is 17.1 Å². The van der Waals surface area contributed by atoms with Crippen molar-refractivity contribution in [1.82, 2.24) is 10.2 Å². The Hall–Kier alpha value is -0.610. The fraction of sp³-hybridized carbons (Fsp3) is 0.938. The Morgan fingerprint density at radius 2 is 1.95 bits per heavy atom. The van der Waals surface area contributed by atoms with Crippen molar-refractivity contribution in [1.29, 1.82) is 0 Å². The first-order valence-corrected chi connectivity index (χ1v) is 7.98. The summed E-state index contributed by atoms with van der Waals surface area (Å²) in [4.78, 5) is 14.0. The van der Waals surface area contributed by atoms with Gasteiger partial charge in [0, 0.05) is 12.6 Å². The Morgan fingerprint density at radius 1 is 1.30 bits per heavy atom. The van der Waals surface area contributed by atoms with Gasteiger partial charge in [0.15, 0.2) is 0 Å². The second-order valence-electron chi connectivity index (χ2n) is 7.57. The molecule has 1 rings (SSSR count). The maximum absolute atomic E-state index is 11.6. The zero-order valence-electron chi connectivity index (χ0n) is 13.9. The van der Waals surface area contributed by atoms with Crippen LogP contribution in [-0.4, -0.2) is 42.5 Å². The maximum Gasteiger partial charge on any atom is 0.235 e. The van der Waals surface area contributed by atoms with Gasteiger partial charge in [0.25, 0.3) is 0 Å². The van der Waals surface area contributed by atoms with E-state index in [1.54, 1.807) is 0 Å². The molecule has 4 nitrogen and oxygen atoms in total. The van der Waals surface area contributed by atoms with Crippen LogP contribution in [0.3, 0.4) is 0 Å². The maximum atomic E-state index is 11.6. The first-order valence-electron chi connectivity index (χ1n) is 7.98. The highest BCUT2D eigenvalue weighted by Gasteiger charge is 2.28. The van der Waals surface area contributed by atoms with Gasteiger partial charge in [-0.3, -0.25) is 4.79 Å². The predicted octanol–water partition coefficient (Wildman–Crippen LogP) is 1.99. The Bertz CT molecular complexity index is 309. The van der Waals surface area contributed by atoms with Crippen LogP contribution in [0.25, 0.3) is 0 Å². The summed E-state index contributed by atoms with van der Waals surface area (Å²) in [5.74, 6) is 0.535. The van der Waals surface area contributed by atoms with Crippen molar-refractivity contribution in [3.8, 4) is 0 Å². The van der Waals surface area contributed by atoms with E-state index in [-0.39, 0.29) is 18.0 Å². The fourth-order valence-corrected chi connectivity index (χ4v) is 3.09. The molecule has 1 aliphatic rings. The zero-order valence-corrected chi connectivity index (χ0v) is 13.9. The van der Waals surface area contributed by atoms with Crippen molar-refractivity contribution >= 4 is 5.91 Å². The van der Waals surface area contributed by atoms with Crippen LogP contribution in [0.5, 0.6) is 0 Å². The number of rotatable bonds is 5. The van der Waals surface area contributed by atoms with Gasteiger partial charge in [0.1, 0.15) is 0 Å². The van der Waals surface area contributed by atoms with Gasteiger partial charge in [-0.2, -0.15) is 0 Å². The largest absolute Gasteiger partial charge is 0.368 e. The average molecular weight is 283 g/mol. The Balaban J connectivity index is 2.54. The normalized spacial score (nSPS) is 23.6. The van der Waals surface area contributed by atoms with Crippen molar-refractivity contribution in [2.45, 2.75) is 66.0 Å². The molecule has 0 spiro atoms. The van der Waals surface area contributed by atoms with E-state index in [1.807, 2.05) is 13.8 Å². The van der Waals surface area contributed by atoms with Crippen molar-refractivity contribution in [3.63, 3.8) is 0 Å². The molecular formula is C16H33N3O. The number of nitrogens with zero attached hydrogens (tertiary/aromatic N) is 1. The smallest absolute Gasteiger partial charge is 0.235 e. The Morgan fingerprint density at radius 3 is 2.45 bits per heavy atom. The third-order valence-electron chi connectivity index (χ3n) is 4.36. The second kappa shape index (κ2) is 7.41. The molecule has 20 heavy (non-hydrogen) atoms. The minimum Gasteiger partial charge on any atom is -0.368 e. The van der Waals surface area contributed by atoms with E-state index in [9.17, 15) is 4.79 Å². The molecule has 0 saturated carbocycles. The minimum atomic E-state index is -0.240. The summed E-state index contributed by atoms with van der Waals surface area (Å²) >= 11 is 0. The van der Waals surface area contributed by atoms with E-state index in [0.29, 0.717) is 5.41 Å². The first kappa shape index (κ1) is 17.4. The van der Waals surface area contributed by atoms with Gasteiger partial charge in [-0.25, -0.2) is 0 Å². The number of nitrogens with one attached hydrogen (secondary N) is 1. The molecule has 3 N–H and O–H groups in total. The minimum absolute atomic E-state index is 0.235. The van der Waals surface area contributed by atoms with Gasteiger partial charge >= 0.3 is 0 Å². The molecule has 2 unspecified atom stereocenters. The lowest BCUT2D eigenvalue weighted by Crippen LogP contribution is -2.51. The summed E-state index contributed by atoms with van der Waals surface area (Å²) in [5.41, 5.74) is 5.89. The number of primary amides is 1. The molecule has 118 valence electrons. The summed E-state index contributed by atoms with van der Waals surface area (Å²) in [6, 6.07) is 0.0444. The molecule has 1 amide bonds. The zero-order chi connectivity index (χ0) is 15.3. The van der Waals surface area contributed by atoms with Crippen LogP contribution in [0.2, 0.25) is 0 Å². The number of hydrogen-bond acceptors (Lipinski definition) is 3. The van der Waals surface area contributed by atoms with E-state index >= 15 is 0 Å². The van der Waals surface area contributed by atoms with E-state index in [4.69, 9.17) is 5.73 Å². The number of carbonyl (C=O) groups excluding carboxylic acids is 1. The molecule has 1 fully saturated rings. The molecule has 0 aromatic rings. The van der Waals surface area contributed by atoms with Crippen LogP contribution in [0.1, 0.15) is 53.9 Å². The molecule has 1 aliphatic heterocycles. The molecule has 0 bridgehead atoms.